The van der Waals surface area contributed by atoms with Gasteiger partial charge in [-0.25, -0.2) is 24.9 Å². The van der Waals surface area contributed by atoms with Crippen LogP contribution in [0.25, 0.3) is 33.4 Å². The first-order chi connectivity index (χ1) is 16.9. The number of halogens is 1. The molecule has 0 aliphatic carbocycles. The second-order valence-electron chi connectivity index (χ2n) is 8.54. The fourth-order valence-electron chi connectivity index (χ4n) is 4.22. The van der Waals surface area contributed by atoms with Crippen LogP contribution in [0.4, 0.5) is 11.8 Å². The molecular weight excluding hydrogens is 460 g/mol. The van der Waals surface area contributed by atoms with Gasteiger partial charge in [-0.2, -0.15) is 0 Å². The summed E-state index contributed by atoms with van der Waals surface area (Å²) in [5, 5.41) is 4.19. The van der Waals surface area contributed by atoms with Crippen molar-refractivity contribution >= 4 is 34.5 Å². The van der Waals surface area contributed by atoms with Crippen molar-refractivity contribution in [1.29, 1.82) is 0 Å². The van der Waals surface area contributed by atoms with Crippen molar-refractivity contribution in [3.8, 4) is 22.3 Å². The Morgan fingerprint density at radius 3 is 2.40 bits per heavy atom. The van der Waals surface area contributed by atoms with Crippen molar-refractivity contribution in [3.05, 3.63) is 77.6 Å². The maximum Gasteiger partial charge on any atom is 0.224 e. The highest BCUT2D eigenvalue weighted by Gasteiger charge is 2.22. The highest BCUT2D eigenvalue weighted by Crippen LogP contribution is 2.43. The van der Waals surface area contributed by atoms with Crippen LogP contribution in [0.5, 0.6) is 0 Å². The highest BCUT2D eigenvalue weighted by atomic mass is 35.5. The number of aromatic amines is 1. The molecule has 1 unspecified atom stereocenters. The molecule has 3 heterocycles. The van der Waals surface area contributed by atoms with Gasteiger partial charge in [-0.15, -0.1) is 0 Å². The summed E-state index contributed by atoms with van der Waals surface area (Å²) in [6, 6.07) is 12.2. The number of imidazole rings is 1. The van der Waals surface area contributed by atoms with Crippen LogP contribution in [0.1, 0.15) is 24.1 Å². The van der Waals surface area contributed by atoms with E-state index in [9.17, 15) is 0 Å². The Labute approximate surface area is 208 Å². The van der Waals surface area contributed by atoms with E-state index < -0.39 is 0 Å². The van der Waals surface area contributed by atoms with E-state index >= 15 is 0 Å². The van der Waals surface area contributed by atoms with Gasteiger partial charge in [0.1, 0.15) is 11.8 Å². The fraction of sp³-hybridized carbons (Fsp3) is 0.192. The average molecular weight is 485 g/mol. The lowest BCUT2D eigenvalue weighted by atomic mass is 9.86. The maximum atomic E-state index is 6.81. The van der Waals surface area contributed by atoms with Crippen LogP contribution in [-0.4, -0.2) is 44.0 Å². The molecule has 0 bridgehead atoms. The molecule has 5 rings (SSSR count). The summed E-state index contributed by atoms with van der Waals surface area (Å²) in [6.07, 6.45) is 6.84. The topological polar surface area (TPSA) is 95.5 Å². The fourth-order valence-corrected chi connectivity index (χ4v) is 4.43. The first kappa shape index (κ1) is 22.7. The molecule has 0 aliphatic rings. The minimum absolute atomic E-state index is 0.140. The van der Waals surface area contributed by atoms with Gasteiger partial charge in [-0.05, 0) is 47.7 Å². The summed E-state index contributed by atoms with van der Waals surface area (Å²) in [6.45, 7) is 4.12. The van der Waals surface area contributed by atoms with Gasteiger partial charge in [0.25, 0.3) is 0 Å². The lowest BCUT2D eigenvalue weighted by Gasteiger charge is -2.24. The number of hydrogen-bond donors (Lipinski definition) is 2. The van der Waals surface area contributed by atoms with Gasteiger partial charge in [-0.3, -0.25) is 0 Å². The van der Waals surface area contributed by atoms with E-state index in [0.717, 1.165) is 33.4 Å². The van der Waals surface area contributed by atoms with Crippen molar-refractivity contribution in [2.75, 3.05) is 24.3 Å². The number of anilines is 2. The molecule has 0 saturated carbocycles. The van der Waals surface area contributed by atoms with Gasteiger partial charge < -0.3 is 15.2 Å². The minimum atomic E-state index is -0.140. The zero-order valence-corrected chi connectivity index (χ0v) is 20.7. The van der Waals surface area contributed by atoms with Crippen LogP contribution < -0.4 is 10.2 Å². The molecule has 0 amide bonds. The zero-order valence-electron chi connectivity index (χ0n) is 19.9. The van der Waals surface area contributed by atoms with Gasteiger partial charge in [-0.1, -0.05) is 41.9 Å². The molecule has 0 spiro atoms. The number of benzene rings is 2. The third-order valence-corrected chi connectivity index (χ3v) is 6.37. The smallest absolute Gasteiger partial charge is 0.224 e. The van der Waals surface area contributed by atoms with Crippen molar-refractivity contribution in [3.63, 3.8) is 0 Å². The van der Waals surface area contributed by atoms with Crippen LogP contribution in [0.15, 0.2) is 61.4 Å². The van der Waals surface area contributed by atoms with Crippen LogP contribution in [-0.2, 0) is 0 Å². The number of fused-ring (bicyclic) bond motifs is 1. The molecule has 0 saturated heterocycles. The maximum absolute atomic E-state index is 6.81. The van der Waals surface area contributed by atoms with E-state index in [0.29, 0.717) is 28.0 Å². The van der Waals surface area contributed by atoms with Crippen molar-refractivity contribution < 1.29 is 0 Å². The van der Waals surface area contributed by atoms with Gasteiger partial charge >= 0.3 is 0 Å². The summed E-state index contributed by atoms with van der Waals surface area (Å²) in [5.41, 5.74) is 7.42. The highest BCUT2D eigenvalue weighted by molar-refractivity contribution is 6.32. The minimum Gasteiger partial charge on any atom is -0.362 e. The number of nitrogens with zero attached hydrogens (tertiary/aromatic N) is 6. The number of nitrogens with one attached hydrogen (secondary N) is 2. The van der Waals surface area contributed by atoms with Crippen LogP contribution in [0, 0.1) is 6.92 Å². The van der Waals surface area contributed by atoms with Crippen molar-refractivity contribution in [2.45, 2.75) is 19.9 Å². The average Bonchev–Trinajstić information content (AvgIpc) is 3.36. The molecule has 176 valence electrons. The van der Waals surface area contributed by atoms with Gasteiger partial charge in [0.15, 0.2) is 11.5 Å². The lowest BCUT2D eigenvalue weighted by molar-refractivity contribution is 0.876. The molecule has 2 aromatic carbocycles. The quantitative estimate of drug-likeness (QED) is 0.320. The molecule has 35 heavy (non-hydrogen) atoms. The molecule has 9 heteroatoms. The van der Waals surface area contributed by atoms with Crippen molar-refractivity contribution in [2.24, 2.45) is 0 Å². The monoisotopic (exact) mass is 484 g/mol. The van der Waals surface area contributed by atoms with Crippen molar-refractivity contribution in [1.82, 2.24) is 29.9 Å². The van der Waals surface area contributed by atoms with E-state index in [1.54, 1.807) is 6.33 Å². The third-order valence-electron chi connectivity index (χ3n) is 5.98. The molecule has 2 N–H and O–H groups in total. The van der Waals surface area contributed by atoms with E-state index in [1.807, 2.05) is 62.6 Å². The van der Waals surface area contributed by atoms with Crippen LogP contribution in [0.2, 0.25) is 5.02 Å². The zero-order chi connectivity index (χ0) is 24.5. The van der Waals surface area contributed by atoms with Gasteiger partial charge in [0, 0.05) is 37.1 Å². The molecule has 0 radical (unpaired) electrons. The molecule has 1 atom stereocenters. The molecule has 5 aromatic rings. The summed E-state index contributed by atoms with van der Waals surface area (Å²) in [5.74, 6) is 1.30. The summed E-state index contributed by atoms with van der Waals surface area (Å²) >= 11 is 6.81. The first-order valence-corrected chi connectivity index (χ1v) is 11.6. The van der Waals surface area contributed by atoms with Gasteiger partial charge in [0.2, 0.25) is 5.95 Å². The predicted octanol–water partition coefficient (Wildman–Crippen LogP) is 5.68. The molecule has 8 nitrogen and oxygen atoms in total. The number of rotatable bonds is 6. The Kier molecular flexibility index (Phi) is 6.05. The Hall–Kier alpha value is -4.04. The second-order valence-corrected chi connectivity index (χ2v) is 8.95. The van der Waals surface area contributed by atoms with E-state index in [4.69, 9.17) is 11.6 Å². The Morgan fingerprint density at radius 1 is 0.943 bits per heavy atom. The summed E-state index contributed by atoms with van der Waals surface area (Å²) in [7, 11) is 3.84. The van der Waals surface area contributed by atoms with E-state index in [2.05, 4.69) is 54.3 Å². The lowest BCUT2D eigenvalue weighted by Crippen LogP contribution is -2.13. The Bertz CT molecular complexity index is 1480. The SMILES string of the molecule is Cc1c(Cl)cc(C(C)Nc2ncnc3[nH]cnc23)c(-c2ccccc2)c1-c1cnc(N(C)C)nc1. The number of hydrogen-bond acceptors (Lipinski definition) is 7. The summed E-state index contributed by atoms with van der Waals surface area (Å²) < 4.78 is 0. The first-order valence-electron chi connectivity index (χ1n) is 11.2. The van der Waals surface area contributed by atoms with Gasteiger partial charge in [0.05, 0.1) is 12.4 Å². The van der Waals surface area contributed by atoms with E-state index in [1.165, 1.54) is 6.33 Å². The largest absolute Gasteiger partial charge is 0.362 e. The molecular formula is C26H25ClN8. The number of aromatic nitrogens is 6. The Morgan fingerprint density at radius 2 is 1.69 bits per heavy atom. The predicted molar refractivity (Wildman–Crippen MR) is 141 cm³/mol. The number of H-pyrrole nitrogens is 1. The molecule has 0 fully saturated rings. The molecule has 3 aromatic heterocycles. The third kappa shape index (κ3) is 4.28. The van der Waals surface area contributed by atoms with Crippen LogP contribution in [0.3, 0.4) is 0 Å². The summed E-state index contributed by atoms with van der Waals surface area (Å²) in [4.78, 5) is 27.1. The Balaban J connectivity index is 1.69. The van der Waals surface area contributed by atoms with Crippen LogP contribution >= 0.6 is 11.6 Å². The normalized spacial score (nSPS) is 12.0. The molecule has 0 aliphatic heterocycles. The van der Waals surface area contributed by atoms with E-state index in [-0.39, 0.29) is 6.04 Å². The standard InChI is InChI=1S/C26H25ClN8/c1-15-20(27)10-19(16(2)34-25-23-24(31-13-30-23)32-14-33-25)22(17-8-6-5-7-9-17)21(15)18-11-28-26(29-12-18)35(3)4/h5-14,16H,1-4H3,(H2,30,31,32,33,34). The second kappa shape index (κ2) is 9.31.